The number of carbonyl (C=O) groups excluding carboxylic acids is 1. The van der Waals surface area contributed by atoms with E-state index in [4.69, 9.17) is 14.9 Å². The first-order chi connectivity index (χ1) is 15.9. The maximum Gasteiger partial charge on any atom is 0.412 e. The van der Waals surface area contributed by atoms with E-state index in [1.807, 2.05) is 30.3 Å². The topological polar surface area (TPSA) is 129 Å². The van der Waals surface area contributed by atoms with Crippen LogP contribution in [0.4, 0.5) is 10.6 Å². The molecule has 4 rings (SSSR count). The molecule has 3 atom stereocenters. The minimum Gasteiger partial charge on any atom is -0.478 e. The fraction of sp³-hybridized carbons (Fsp3) is 0.391. The number of nitrogens with zero attached hydrogens (tertiary/aromatic N) is 2. The van der Waals surface area contributed by atoms with Gasteiger partial charge < -0.3 is 19.8 Å². The number of fused-ring (bicyclic) bond motifs is 2. The second-order valence-corrected chi connectivity index (χ2v) is 8.74. The van der Waals surface area contributed by atoms with Gasteiger partial charge in [0, 0.05) is 18.7 Å². The minimum atomic E-state index is -1.26. The molecular weight excluding hydrogens is 446 g/mol. The van der Waals surface area contributed by atoms with Crippen LogP contribution in [0, 0.1) is 11.8 Å². The Labute approximate surface area is 195 Å². The summed E-state index contributed by atoms with van der Waals surface area (Å²) in [4.78, 5) is 39.1. The van der Waals surface area contributed by atoms with Crippen molar-refractivity contribution < 1.29 is 29.3 Å². The van der Waals surface area contributed by atoms with Gasteiger partial charge in [0.05, 0.1) is 17.0 Å². The van der Waals surface area contributed by atoms with Gasteiger partial charge in [0.15, 0.2) is 5.82 Å². The highest BCUT2D eigenvalue weighted by atomic mass is 32.1. The molecule has 1 aromatic carbocycles. The number of piperidine rings is 2. The third-order valence-electron chi connectivity index (χ3n) is 5.65. The largest absolute Gasteiger partial charge is 0.478 e. The van der Waals surface area contributed by atoms with E-state index in [1.165, 1.54) is 37.3 Å². The van der Waals surface area contributed by atoms with Crippen LogP contribution in [0.2, 0.25) is 0 Å². The number of carboxylic acid groups (broad SMARTS) is 2. The average Bonchev–Trinajstić information content (AvgIpc) is 3.26. The van der Waals surface area contributed by atoms with Crippen LogP contribution in [-0.4, -0.2) is 64.4 Å². The molecule has 3 N–H and O–H groups in total. The van der Waals surface area contributed by atoms with E-state index in [9.17, 15) is 14.4 Å². The van der Waals surface area contributed by atoms with Gasteiger partial charge in [0.2, 0.25) is 0 Å². The second kappa shape index (κ2) is 12.1. The van der Waals surface area contributed by atoms with Crippen molar-refractivity contribution in [2.45, 2.75) is 19.3 Å². The highest BCUT2D eigenvalue weighted by molar-refractivity contribution is 7.13. The number of aromatic nitrogens is 1. The number of benzene rings is 1. The van der Waals surface area contributed by atoms with Crippen molar-refractivity contribution in [2.75, 3.05) is 31.6 Å². The highest BCUT2D eigenvalue weighted by Crippen LogP contribution is 2.33. The Hall–Kier alpha value is -3.24. The van der Waals surface area contributed by atoms with E-state index in [2.05, 4.69) is 15.2 Å². The van der Waals surface area contributed by atoms with Gasteiger partial charge in [-0.15, -0.1) is 11.3 Å². The van der Waals surface area contributed by atoms with Crippen molar-refractivity contribution in [3.8, 4) is 10.4 Å². The third kappa shape index (κ3) is 7.69. The first-order valence-electron chi connectivity index (χ1n) is 10.7. The second-order valence-electron chi connectivity index (χ2n) is 7.88. The van der Waals surface area contributed by atoms with E-state index in [0.29, 0.717) is 36.4 Å². The lowest BCUT2D eigenvalue weighted by atomic mass is 9.80. The summed E-state index contributed by atoms with van der Waals surface area (Å²) in [5, 5.41) is 18.4. The third-order valence-corrected chi connectivity index (χ3v) is 6.52. The van der Waals surface area contributed by atoms with Crippen molar-refractivity contribution in [1.29, 1.82) is 0 Å². The zero-order valence-corrected chi connectivity index (χ0v) is 18.9. The van der Waals surface area contributed by atoms with Gasteiger partial charge >= 0.3 is 18.0 Å². The van der Waals surface area contributed by atoms with Crippen LogP contribution < -0.4 is 5.32 Å². The van der Waals surface area contributed by atoms with E-state index < -0.39 is 18.0 Å². The Morgan fingerprint density at radius 2 is 1.85 bits per heavy atom. The summed E-state index contributed by atoms with van der Waals surface area (Å²) in [5.74, 6) is -0.769. The van der Waals surface area contributed by atoms with Crippen LogP contribution >= 0.6 is 11.3 Å². The summed E-state index contributed by atoms with van der Waals surface area (Å²) < 4.78 is 5.53. The summed E-state index contributed by atoms with van der Waals surface area (Å²) in [6, 6.07) is 9.96. The number of carbonyl (C=O) groups is 3. The van der Waals surface area contributed by atoms with Gasteiger partial charge in [-0.05, 0) is 49.8 Å². The fourth-order valence-corrected chi connectivity index (χ4v) is 4.82. The van der Waals surface area contributed by atoms with Crippen LogP contribution in [0.1, 0.15) is 19.3 Å². The van der Waals surface area contributed by atoms with Crippen molar-refractivity contribution in [3.05, 3.63) is 48.0 Å². The van der Waals surface area contributed by atoms with Gasteiger partial charge in [-0.25, -0.2) is 19.4 Å². The van der Waals surface area contributed by atoms with E-state index in [0.717, 1.165) is 23.4 Å². The lowest BCUT2D eigenvalue weighted by molar-refractivity contribution is -0.134. The zero-order valence-electron chi connectivity index (χ0n) is 18.1. The Kier molecular flexibility index (Phi) is 8.96. The molecule has 9 nitrogen and oxygen atoms in total. The number of rotatable bonds is 6. The number of amides is 1. The molecule has 176 valence electrons. The number of anilines is 1. The first kappa shape index (κ1) is 24.4. The zero-order chi connectivity index (χ0) is 23.6. The Balaban J connectivity index is 0.000000331. The smallest absolute Gasteiger partial charge is 0.412 e. The standard InChI is InChI=1S/C19H23N3O2S.C4H4O4/c23-19(24-12-16-8-10-22-9-4-7-15(16)11-22)21-18-17(25-13-20-18)14-5-2-1-3-6-14;5-3(6)1-2-4(7)8/h1-3,5-6,13,15-16H,4,7-12H2,(H,21,23);1-2H,(H,5,6)(H,7,8)/b;2-1+. The van der Waals surface area contributed by atoms with Gasteiger partial charge in [-0.3, -0.25) is 5.32 Å². The van der Waals surface area contributed by atoms with Crippen LogP contribution in [0.15, 0.2) is 48.0 Å². The molecule has 2 aliphatic heterocycles. The average molecular weight is 474 g/mol. The van der Waals surface area contributed by atoms with Crippen molar-refractivity contribution in [2.24, 2.45) is 11.8 Å². The summed E-state index contributed by atoms with van der Waals surface area (Å²) >= 11 is 1.52. The predicted octanol–water partition coefficient (Wildman–Crippen LogP) is 3.80. The molecule has 2 aliphatic rings. The number of ether oxygens (including phenoxy) is 1. The fourth-order valence-electron chi connectivity index (χ4n) is 4.07. The molecule has 1 amide bonds. The molecule has 10 heteroatoms. The molecule has 3 unspecified atom stereocenters. The van der Waals surface area contributed by atoms with Crippen LogP contribution in [0.5, 0.6) is 0 Å². The molecule has 33 heavy (non-hydrogen) atoms. The normalized spacial score (nSPS) is 21.5. The predicted molar refractivity (Wildman–Crippen MR) is 124 cm³/mol. The Morgan fingerprint density at radius 1 is 1.12 bits per heavy atom. The van der Waals surface area contributed by atoms with Gasteiger partial charge in [-0.2, -0.15) is 0 Å². The van der Waals surface area contributed by atoms with Crippen LogP contribution in [0.25, 0.3) is 10.4 Å². The first-order valence-corrected chi connectivity index (χ1v) is 11.6. The quantitative estimate of drug-likeness (QED) is 0.540. The highest BCUT2D eigenvalue weighted by Gasteiger charge is 2.32. The molecule has 0 spiro atoms. The Bertz CT molecular complexity index is 962. The molecule has 0 saturated carbocycles. The van der Waals surface area contributed by atoms with E-state index in [-0.39, 0.29) is 0 Å². The molecule has 2 saturated heterocycles. The molecule has 0 aliphatic carbocycles. The summed E-state index contributed by atoms with van der Waals surface area (Å²) in [5.41, 5.74) is 2.80. The number of thiazole rings is 1. The maximum atomic E-state index is 12.2. The van der Waals surface area contributed by atoms with Crippen molar-refractivity contribution >= 4 is 35.2 Å². The summed E-state index contributed by atoms with van der Waals surface area (Å²) in [7, 11) is 0. The lowest BCUT2D eigenvalue weighted by Crippen LogP contribution is -2.46. The number of carboxylic acids is 2. The molecule has 0 radical (unpaired) electrons. The molecule has 2 fully saturated rings. The number of aliphatic carboxylic acids is 2. The molecule has 3 heterocycles. The van der Waals surface area contributed by atoms with Crippen molar-refractivity contribution in [1.82, 2.24) is 9.88 Å². The van der Waals surface area contributed by atoms with Gasteiger partial charge in [-0.1, -0.05) is 30.3 Å². The van der Waals surface area contributed by atoms with Gasteiger partial charge in [0.1, 0.15) is 0 Å². The molecule has 2 bridgehead atoms. The van der Waals surface area contributed by atoms with Gasteiger partial charge in [0.25, 0.3) is 0 Å². The van der Waals surface area contributed by atoms with Crippen molar-refractivity contribution in [3.63, 3.8) is 0 Å². The number of hydrogen-bond donors (Lipinski definition) is 3. The summed E-state index contributed by atoms with van der Waals surface area (Å²) in [6.07, 6.45) is 4.37. The summed E-state index contributed by atoms with van der Waals surface area (Å²) in [6.45, 7) is 4.04. The van der Waals surface area contributed by atoms with Crippen LogP contribution in [0.3, 0.4) is 0 Å². The van der Waals surface area contributed by atoms with E-state index in [1.54, 1.807) is 5.51 Å². The van der Waals surface area contributed by atoms with E-state index >= 15 is 0 Å². The molecule has 2 aromatic rings. The molecular formula is C23H27N3O6S. The molecule has 1 aromatic heterocycles. The maximum absolute atomic E-state index is 12.2. The number of hydrogen-bond acceptors (Lipinski definition) is 7. The minimum absolute atomic E-state index is 0.402. The lowest BCUT2D eigenvalue weighted by Gasteiger charge is -2.42. The Morgan fingerprint density at radius 3 is 2.55 bits per heavy atom. The SMILES string of the molecule is O=C(Nc1ncsc1-c1ccccc1)OCC1CCN2CCCC1C2.O=C(O)/C=C/C(=O)O. The monoisotopic (exact) mass is 473 g/mol. The van der Waals surface area contributed by atoms with Crippen LogP contribution in [-0.2, 0) is 14.3 Å². The number of nitrogens with one attached hydrogen (secondary N) is 1.